The van der Waals surface area contributed by atoms with Crippen LogP contribution in [0.3, 0.4) is 0 Å². The normalized spacial score (nSPS) is 20.8. The van der Waals surface area contributed by atoms with Crippen LogP contribution in [-0.2, 0) is 0 Å². The minimum absolute atomic E-state index is 0.685. The van der Waals surface area contributed by atoms with E-state index in [0.717, 1.165) is 18.1 Å². The number of hydrogen-bond donors (Lipinski definition) is 0. The molecule has 4 heteroatoms. The van der Waals surface area contributed by atoms with Gasteiger partial charge in [0.25, 0.3) is 0 Å². The van der Waals surface area contributed by atoms with Gasteiger partial charge in [0.05, 0.1) is 0 Å². The molecule has 0 aromatic carbocycles. The van der Waals surface area contributed by atoms with E-state index in [9.17, 15) is 0 Å². The number of rotatable bonds is 4. The van der Waals surface area contributed by atoms with E-state index in [-0.39, 0.29) is 0 Å². The Labute approximate surface area is 210 Å². The Morgan fingerprint density at radius 2 is 0.576 bits per heavy atom. The molecule has 3 rings (SSSR count). The van der Waals surface area contributed by atoms with Crippen LogP contribution in [0.2, 0.25) is 0 Å². The van der Waals surface area contributed by atoms with Gasteiger partial charge in [-0.05, 0) is 147 Å². The van der Waals surface area contributed by atoms with E-state index in [0.29, 0.717) is 6.04 Å². The second kappa shape index (κ2) is 20.1. The zero-order valence-electron chi connectivity index (χ0n) is 24.7. The summed E-state index contributed by atoms with van der Waals surface area (Å²) in [5.74, 6) is 0. The molecule has 0 aliphatic carbocycles. The van der Waals surface area contributed by atoms with Crippen molar-refractivity contribution in [2.75, 3.05) is 53.4 Å². The topological polar surface area (TPSA) is 13.0 Å². The molecule has 4 nitrogen and oxygen atoms in total. The van der Waals surface area contributed by atoms with Crippen molar-refractivity contribution in [2.45, 2.75) is 137 Å². The maximum Gasteiger partial charge on any atom is 0.00385 e. The average molecular weight is 469 g/mol. The minimum atomic E-state index is 0.685. The smallest absolute Gasteiger partial charge is 0.00385 e. The second-order valence-electron chi connectivity index (χ2n) is 11.6. The Hall–Kier alpha value is -0.160. The maximum atomic E-state index is 2.59. The fourth-order valence-corrected chi connectivity index (χ4v) is 4.30. The Kier molecular flexibility index (Phi) is 20.0. The van der Waals surface area contributed by atoms with Crippen LogP contribution in [0.15, 0.2) is 0 Å². The standard InChI is InChI=1S/C9H19N.C8H17N.C7H15N.C5H13N/c1-9(2)10-7-5-3-4-6-8-10;1-8(2)9-6-4-3-5-7-9;1-7(2)8-5-3-4-6-8;1-5(2)6(3)4/h9H,3-8H2,1-2H3;8H,3-7H2,1-2H3;7H,3-6H2,1-2H3;5H,1-4H3. The molecule has 0 saturated carbocycles. The van der Waals surface area contributed by atoms with E-state index in [1.54, 1.807) is 0 Å². The Morgan fingerprint density at radius 3 is 0.758 bits per heavy atom. The number of likely N-dealkylation sites (tertiary alicyclic amines) is 3. The summed E-state index contributed by atoms with van der Waals surface area (Å²) in [7, 11) is 4.15. The molecule has 3 aliphatic rings. The fraction of sp³-hybridized carbons (Fsp3) is 1.00. The van der Waals surface area contributed by atoms with Crippen LogP contribution in [0.4, 0.5) is 0 Å². The summed E-state index contributed by atoms with van der Waals surface area (Å²) in [5, 5.41) is 0. The van der Waals surface area contributed by atoms with Crippen molar-refractivity contribution in [1.29, 1.82) is 0 Å². The third kappa shape index (κ3) is 17.9. The van der Waals surface area contributed by atoms with Gasteiger partial charge >= 0.3 is 0 Å². The SMILES string of the molecule is CC(C)N(C)C.CC(C)N1CCCC1.CC(C)N1CCCCC1.CC(C)N1CCCCCC1. The van der Waals surface area contributed by atoms with Crippen molar-refractivity contribution in [3.63, 3.8) is 0 Å². The average Bonchev–Trinajstić information content (AvgIpc) is 3.18. The molecule has 0 amide bonds. The predicted molar refractivity (Wildman–Crippen MR) is 151 cm³/mol. The highest BCUT2D eigenvalue weighted by molar-refractivity contribution is 4.69. The lowest BCUT2D eigenvalue weighted by Crippen LogP contribution is -2.35. The van der Waals surface area contributed by atoms with Gasteiger partial charge in [0, 0.05) is 24.2 Å². The monoisotopic (exact) mass is 469 g/mol. The molecule has 0 N–H and O–H groups in total. The van der Waals surface area contributed by atoms with Crippen LogP contribution in [0, 0.1) is 0 Å². The van der Waals surface area contributed by atoms with E-state index in [2.05, 4.69) is 89.1 Å². The zero-order valence-corrected chi connectivity index (χ0v) is 24.7. The summed E-state index contributed by atoms with van der Waals surface area (Å²) in [6.45, 7) is 26.0. The largest absolute Gasteiger partial charge is 0.307 e. The molecule has 0 aromatic heterocycles. The first kappa shape index (κ1) is 32.8. The molecular weight excluding hydrogens is 404 g/mol. The highest BCUT2D eigenvalue weighted by Crippen LogP contribution is 2.12. The lowest BCUT2D eigenvalue weighted by atomic mass is 10.1. The third-order valence-corrected chi connectivity index (χ3v) is 7.40. The highest BCUT2D eigenvalue weighted by Gasteiger charge is 2.13. The molecule has 0 unspecified atom stereocenters. The van der Waals surface area contributed by atoms with Crippen LogP contribution in [-0.4, -0.2) is 97.1 Å². The summed E-state index contributed by atoms with van der Waals surface area (Å²) in [6.07, 6.45) is 12.8. The second-order valence-corrected chi connectivity index (χ2v) is 11.6. The van der Waals surface area contributed by atoms with Crippen molar-refractivity contribution in [3.05, 3.63) is 0 Å². The van der Waals surface area contributed by atoms with Gasteiger partial charge in [-0.2, -0.15) is 0 Å². The molecule has 0 radical (unpaired) electrons. The summed E-state index contributed by atoms with van der Waals surface area (Å²) in [4.78, 5) is 9.84. The van der Waals surface area contributed by atoms with E-state index < -0.39 is 0 Å². The fourth-order valence-electron chi connectivity index (χ4n) is 4.30. The van der Waals surface area contributed by atoms with Crippen LogP contribution in [0.1, 0.15) is 113 Å². The first-order valence-electron chi connectivity index (χ1n) is 14.4. The van der Waals surface area contributed by atoms with Gasteiger partial charge in [-0.15, -0.1) is 0 Å². The van der Waals surface area contributed by atoms with Gasteiger partial charge in [0.1, 0.15) is 0 Å². The molecule has 3 heterocycles. The number of nitrogens with zero attached hydrogens (tertiary/aromatic N) is 4. The molecule has 200 valence electrons. The molecule has 0 bridgehead atoms. The Balaban J connectivity index is 0.000000421. The van der Waals surface area contributed by atoms with Crippen LogP contribution < -0.4 is 0 Å². The number of hydrogen-bond acceptors (Lipinski definition) is 4. The first-order chi connectivity index (χ1) is 15.6. The van der Waals surface area contributed by atoms with E-state index in [1.807, 2.05) is 0 Å². The van der Waals surface area contributed by atoms with E-state index >= 15 is 0 Å². The first-order valence-corrected chi connectivity index (χ1v) is 14.4. The van der Waals surface area contributed by atoms with Crippen molar-refractivity contribution in [2.24, 2.45) is 0 Å². The lowest BCUT2D eigenvalue weighted by Gasteiger charge is -2.29. The molecular formula is C29H64N4. The Morgan fingerprint density at radius 1 is 0.394 bits per heavy atom. The van der Waals surface area contributed by atoms with Gasteiger partial charge in [-0.25, -0.2) is 0 Å². The summed E-state index contributed by atoms with van der Waals surface area (Å²) in [6, 6.07) is 2.99. The molecule has 3 saturated heterocycles. The quantitative estimate of drug-likeness (QED) is 0.461. The molecule has 33 heavy (non-hydrogen) atoms. The maximum absolute atomic E-state index is 2.59. The minimum Gasteiger partial charge on any atom is -0.307 e. The van der Waals surface area contributed by atoms with Crippen LogP contribution >= 0.6 is 0 Å². The van der Waals surface area contributed by atoms with Gasteiger partial charge < -0.3 is 19.6 Å². The van der Waals surface area contributed by atoms with Gasteiger partial charge in [-0.1, -0.05) is 19.3 Å². The summed E-state index contributed by atoms with van der Waals surface area (Å²) >= 11 is 0. The van der Waals surface area contributed by atoms with Gasteiger partial charge in [-0.3, -0.25) is 0 Å². The van der Waals surface area contributed by atoms with Crippen molar-refractivity contribution in [1.82, 2.24) is 19.6 Å². The highest BCUT2D eigenvalue weighted by atomic mass is 15.2. The number of piperidine rings is 1. The van der Waals surface area contributed by atoms with Crippen molar-refractivity contribution in [3.8, 4) is 0 Å². The molecule has 0 aromatic rings. The lowest BCUT2D eigenvalue weighted by molar-refractivity contribution is 0.185. The van der Waals surface area contributed by atoms with Crippen molar-refractivity contribution >= 4 is 0 Å². The van der Waals surface area contributed by atoms with Crippen LogP contribution in [0.25, 0.3) is 0 Å². The van der Waals surface area contributed by atoms with Gasteiger partial charge in [0.15, 0.2) is 0 Å². The van der Waals surface area contributed by atoms with E-state index in [1.165, 1.54) is 97.1 Å². The Bertz CT molecular complexity index is 394. The molecule has 0 atom stereocenters. The van der Waals surface area contributed by atoms with Crippen molar-refractivity contribution < 1.29 is 0 Å². The summed E-state index contributed by atoms with van der Waals surface area (Å²) in [5.41, 5.74) is 0. The van der Waals surface area contributed by atoms with E-state index in [4.69, 9.17) is 0 Å². The molecule has 3 aliphatic heterocycles. The van der Waals surface area contributed by atoms with Crippen LogP contribution in [0.5, 0.6) is 0 Å². The molecule has 0 spiro atoms. The summed E-state index contributed by atoms with van der Waals surface area (Å²) < 4.78 is 0. The molecule has 3 fully saturated rings. The zero-order chi connectivity index (χ0) is 25.2. The predicted octanol–water partition coefficient (Wildman–Crippen LogP) is 6.60. The van der Waals surface area contributed by atoms with Gasteiger partial charge in [0.2, 0.25) is 0 Å². The third-order valence-electron chi connectivity index (χ3n) is 7.40.